The molecular formula is C13H17N3O3. The smallest absolute Gasteiger partial charge is 0.407 e. The average Bonchev–Trinajstić information content (AvgIpc) is 2.47. The van der Waals surface area contributed by atoms with Crippen molar-refractivity contribution in [3.63, 3.8) is 0 Å². The quantitative estimate of drug-likeness (QED) is 0.799. The Bertz CT molecular complexity index is 484. The Hall–Kier alpha value is -2.11. The lowest BCUT2D eigenvalue weighted by Crippen LogP contribution is -2.48. The molecule has 19 heavy (non-hydrogen) atoms. The van der Waals surface area contributed by atoms with Crippen LogP contribution < -0.4 is 15.0 Å². The number of ether oxygens (including phenoxy) is 1. The molecule has 0 atom stereocenters. The summed E-state index contributed by atoms with van der Waals surface area (Å²) in [5, 5.41) is 12.3. The summed E-state index contributed by atoms with van der Waals surface area (Å²) in [6, 6.07) is 6.03. The topological polar surface area (TPSA) is 65.0 Å². The zero-order chi connectivity index (χ0) is 13.2. The predicted octanol–water partition coefficient (Wildman–Crippen LogP) is 1.29. The highest BCUT2D eigenvalue weighted by Gasteiger charge is 2.24. The maximum absolute atomic E-state index is 10.9. The van der Waals surface area contributed by atoms with Gasteiger partial charge in [-0.1, -0.05) is 6.07 Å². The summed E-state index contributed by atoms with van der Waals surface area (Å²) in [5.41, 5.74) is 2.07. The van der Waals surface area contributed by atoms with E-state index in [1.165, 1.54) is 4.90 Å². The first kappa shape index (κ1) is 12.0. The van der Waals surface area contributed by atoms with Crippen LogP contribution in [0, 0.1) is 0 Å². The Morgan fingerprint density at radius 1 is 1.26 bits per heavy atom. The van der Waals surface area contributed by atoms with Crippen molar-refractivity contribution in [2.75, 3.05) is 49.5 Å². The van der Waals surface area contributed by atoms with E-state index in [-0.39, 0.29) is 0 Å². The molecule has 3 rings (SSSR count). The molecule has 0 aliphatic carbocycles. The number of para-hydroxylation sites is 1. The lowest BCUT2D eigenvalue weighted by atomic mass is 10.2. The summed E-state index contributed by atoms with van der Waals surface area (Å²) in [6.45, 7) is 3.96. The molecule has 0 unspecified atom stereocenters. The molecular weight excluding hydrogens is 246 g/mol. The normalized spacial score (nSPS) is 18.3. The highest BCUT2D eigenvalue weighted by atomic mass is 16.5. The molecule has 6 heteroatoms. The minimum absolute atomic E-state index is 0.534. The van der Waals surface area contributed by atoms with Crippen molar-refractivity contribution in [2.45, 2.75) is 0 Å². The molecule has 0 radical (unpaired) electrons. The SMILES string of the molecule is O=C(O)N1CCN(c2cccc3c2OCCN3)CC1. The van der Waals surface area contributed by atoms with Gasteiger partial charge in [-0.25, -0.2) is 4.79 Å². The van der Waals surface area contributed by atoms with Crippen molar-refractivity contribution in [3.8, 4) is 5.75 Å². The Kier molecular flexibility index (Phi) is 3.06. The van der Waals surface area contributed by atoms with Crippen LogP contribution in [0.4, 0.5) is 16.2 Å². The standard InChI is InChI=1S/C13H17N3O3/c17-13(18)16-7-5-15(6-8-16)11-3-1-2-10-12(11)19-9-4-14-10/h1-3,14H,4-9H2,(H,17,18). The molecule has 0 saturated carbocycles. The van der Waals surface area contributed by atoms with E-state index in [4.69, 9.17) is 9.84 Å². The number of fused-ring (bicyclic) bond motifs is 1. The third-order valence-corrected chi connectivity index (χ3v) is 3.55. The van der Waals surface area contributed by atoms with Gasteiger partial charge in [0.15, 0.2) is 5.75 Å². The van der Waals surface area contributed by atoms with E-state index in [0.29, 0.717) is 32.8 Å². The van der Waals surface area contributed by atoms with Crippen LogP contribution in [0.25, 0.3) is 0 Å². The number of nitrogens with one attached hydrogen (secondary N) is 1. The number of rotatable bonds is 1. The largest absolute Gasteiger partial charge is 0.487 e. The van der Waals surface area contributed by atoms with Gasteiger partial charge in [0, 0.05) is 32.7 Å². The zero-order valence-corrected chi connectivity index (χ0v) is 10.6. The Morgan fingerprint density at radius 2 is 2.05 bits per heavy atom. The molecule has 0 spiro atoms. The van der Waals surface area contributed by atoms with Crippen LogP contribution in [0.5, 0.6) is 5.75 Å². The van der Waals surface area contributed by atoms with Gasteiger partial charge in [0.1, 0.15) is 6.61 Å². The van der Waals surface area contributed by atoms with Gasteiger partial charge in [0.2, 0.25) is 0 Å². The molecule has 1 fully saturated rings. The van der Waals surface area contributed by atoms with Gasteiger partial charge in [-0.05, 0) is 12.1 Å². The summed E-state index contributed by atoms with van der Waals surface area (Å²) in [4.78, 5) is 14.5. The van der Waals surface area contributed by atoms with Crippen molar-refractivity contribution in [3.05, 3.63) is 18.2 Å². The number of nitrogens with zero attached hydrogens (tertiary/aromatic N) is 2. The fourth-order valence-corrected chi connectivity index (χ4v) is 2.54. The van der Waals surface area contributed by atoms with Crippen LogP contribution in [0.15, 0.2) is 18.2 Å². The molecule has 2 aliphatic heterocycles. The van der Waals surface area contributed by atoms with Gasteiger partial charge in [0.05, 0.1) is 11.4 Å². The average molecular weight is 263 g/mol. The van der Waals surface area contributed by atoms with Gasteiger partial charge < -0.3 is 25.0 Å². The molecule has 2 N–H and O–H groups in total. The van der Waals surface area contributed by atoms with E-state index in [1.54, 1.807) is 0 Å². The number of hydrogen-bond donors (Lipinski definition) is 2. The highest BCUT2D eigenvalue weighted by Crippen LogP contribution is 2.37. The predicted molar refractivity (Wildman–Crippen MR) is 72.2 cm³/mol. The first-order chi connectivity index (χ1) is 9.25. The van der Waals surface area contributed by atoms with Crippen LogP contribution in [-0.2, 0) is 0 Å². The molecule has 2 heterocycles. The van der Waals surface area contributed by atoms with E-state index in [2.05, 4.69) is 10.2 Å². The van der Waals surface area contributed by atoms with Crippen molar-refractivity contribution in [1.82, 2.24) is 4.90 Å². The number of carboxylic acid groups (broad SMARTS) is 1. The van der Waals surface area contributed by atoms with E-state index < -0.39 is 6.09 Å². The lowest BCUT2D eigenvalue weighted by molar-refractivity contribution is 0.142. The monoisotopic (exact) mass is 263 g/mol. The first-order valence-corrected chi connectivity index (χ1v) is 6.48. The molecule has 102 valence electrons. The van der Waals surface area contributed by atoms with Crippen molar-refractivity contribution in [1.29, 1.82) is 0 Å². The summed E-state index contributed by atoms with van der Waals surface area (Å²) in [7, 11) is 0. The highest BCUT2D eigenvalue weighted by molar-refractivity contribution is 5.73. The van der Waals surface area contributed by atoms with Crippen molar-refractivity contribution < 1.29 is 14.6 Å². The number of carbonyl (C=O) groups is 1. The fraction of sp³-hybridized carbons (Fsp3) is 0.462. The van der Waals surface area contributed by atoms with Gasteiger partial charge in [-0.2, -0.15) is 0 Å². The summed E-state index contributed by atoms with van der Waals surface area (Å²) < 4.78 is 5.75. The van der Waals surface area contributed by atoms with Crippen molar-refractivity contribution >= 4 is 17.5 Å². The maximum Gasteiger partial charge on any atom is 0.407 e. The second-order valence-electron chi connectivity index (χ2n) is 4.69. The zero-order valence-electron chi connectivity index (χ0n) is 10.6. The number of amides is 1. The van der Waals surface area contributed by atoms with Crippen LogP contribution in [0.3, 0.4) is 0 Å². The number of piperazine rings is 1. The summed E-state index contributed by atoms with van der Waals surface area (Å²) in [5.74, 6) is 0.887. The second-order valence-corrected chi connectivity index (χ2v) is 4.69. The van der Waals surface area contributed by atoms with Gasteiger partial charge in [-0.3, -0.25) is 0 Å². The molecule has 2 aliphatic rings. The van der Waals surface area contributed by atoms with Gasteiger partial charge in [-0.15, -0.1) is 0 Å². The fourth-order valence-electron chi connectivity index (χ4n) is 2.54. The molecule has 0 bridgehead atoms. The Balaban J connectivity index is 1.78. The van der Waals surface area contributed by atoms with E-state index >= 15 is 0 Å². The molecule has 1 aromatic rings. The molecule has 1 aromatic carbocycles. The lowest BCUT2D eigenvalue weighted by Gasteiger charge is -2.36. The minimum Gasteiger partial charge on any atom is -0.487 e. The number of anilines is 2. The van der Waals surface area contributed by atoms with Gasteiger partial charge >= 0.3 is 6.09 Å². The first-order valence-electron chi connectivity index (χ1n) is 6.48. The maximum atomic E-state index is 10.9. The summed E-state index contributed by atoms with van der Waals surface area (Å²) in [6.07, 6.45) is -0.840. The molecule has 6 nitrogen and oxygen atoms in total. The molecule has 0 aromatic heterocycles. The third kappa shape index (κ3) is 2.25. The van der Waals surface area contributed by atoms with Crippen LogP contribution in [0.2, 0.25) is 0 Å². The third-order valence-electron chi connectivity index (χ3n) is 3.55. The summed E-state index contributed by atoms with van der Waals surface area (Å²) >= 11 is 0. The van der Waals surface area contributed by atoms with E-state index in [9.17, 15) is 4.79 Å². The van der Waals surface area contributed by atoms with E-state index in [1.807, 2.05) is 18.2 Å². The number of benzene rings is 1. The Morgan fingerprint density at radius 3 is 2.79 bits per heavy atom. The van der Waals surface area contributed by atoms with Crippen molar-refractivity contribution in [2.24, 2.45) is 0 Å². The molecule has 1 amide bonds. The van der Waals surface area contributed by atoms with E-state index in [0.717, 1.165) is 23.7 Å². The Labute approximate surface area is 111 Å². The minimum atomic E-state index is -0.840. The second kappa shape index (κ2) is 4.87. The van der Waals surface area contributed by atoms with Crippen LogP contribution >= 0.6 is 0 Å². The molecule has 1 saturated heterocycles. The van der Waals surface area contributed by atoms with Gasteiger partial charge in [0.25, 0.3) is 0 Å². The van der Waals surface area contributed by atoms with Crippen LogP contribution in [-0.4, -0.2) is 55.4 Å². The number of hydrogen-bond acceptors (Lipinski definition) is 4. The van der Waals surface area contributed by atoms with Crippen LogP contribution in [0.1, 0.15) is 0 Å².